The van der Waals surface area contributed by atoms with Crippen molar-refractivity contribution in [2.45, 2.75) is 0 Å². The van der Waals surface area contributed by atoms with Gasteiger partial charge in [-0.1, -0.05) is 0 Å². The number of methoxy groups -OCH3 is 1. The van der Waals surface area contributed by atoms with E-state index in [1.54, 1.807) is 0 Å². The Labute approximate surface area is 74.5 Å². The van der Waals surface area contributed by atoms with Crippen molar-refractivity contribution in [3.8, 4) is 11.5 Å². The van der Waals surface area contributed by atoms with Crippen LogP contribution in [0.15, 0.2) is 18.2 Å². The van der Waals surface area contributed by atoms with Crippen molar-refractivity contribution in [1.82, 2.24) is 5.48 Å². The first-order valence-corrected chi connectivity index (χ1v) is 3.50. The van der Waals surface area contributed by atoms with Gasteiger partial charge in [0.1, 0.15) is 11.5 Å². The highest BCUT2D eigenvalue weighted by atomic mass is 16.5. The van der Waals surface area contributed by atoms with Crippen LogP contribution >= 0.6 is 0 Å². The van der Waals surface area contributed by atoms with Crippen molar-refractivity contribution >= 4 is 5.91 Å². The van der Waals surface area contributed by atoms with Crippen molar-refractivity contribution in [2.75, 3.05) is 7.11 Å². The van der Waals surface area contributed by atoms with E-state index in [4.69, 9.17) is 9.94 Å². The summed E-state index contributed by atoms with van der Waals surface area (Å²) in [4.78, 5) is 10.9. The van der Waals surface area contributed by atoms with Crippen LogP contribution < -0.4 is 10.2 Å². The summed E-state index contributed by atoms with van der Waals surface area (Å²) in [6, 6.07) is 4.13. The van der Waals surface area contributed by atoms with Gasteiger partial charge in [0.15, 0.2) is 0 Å². The third kappa shape index (κ3) is 1.88. The maximum absolute atomic E-state index is 10.9. The number of aromatic hydroxyl groups is 1. The lowest BCUT2D eigenvalue weighted by molar-refractivity contribution is 0.0703. The van der Waals surface area contributed by atoms with Gasteiger partial charge in [-0.05, 0) is 18.2 Å². The zero-order valence-electron chi connectivity index (χ0n) is 6.94. The molecule has 0 unspecified atom stereocenters. The third-order valence-electron chi connectivity index (χ3n) is 1.55. The Kier molecular flexibility index (Phi) is 2.71. The molecule has 70 valence electrons. The number of nitrogens with one attached hydrogen (secondary N) is 1. The van der Waals surface area contributed by atoms with E-state index in [-0.39, 0.29) is 11.3 Å². The number of phenols is 1. The molecule has 5 nitrogen and oxygen atoms in total. The smallest absolute Gasteiger partial charge is 0.278 e. The Morgan fingerprint density at radius 3 is 2.77 bits per heavy atom. The first-order chi connectivity index (χ1) is 6.19. The van der Waals surface area contributed by atoms with Crippen LogP contribution in [0.2, 0.25) is 0 Å². The molecule has 0 atom stereocenters. The van der Waals surface area contributed by atoms with Crippen LogP contribution in [-0.2, 0) is 0 Å². The van der Waals surface area contributed by atoms with Gasteiger partial charge in [0, 0.05) is 0 Å². The van der Waals surface area contributed by atoms with E-state index in [2.05, 4.69) is 0 Å². The third-order valence-corrected chi connectivity index (χ3v) is 1.55. The normalized spacial score (nSPS) is 9.38. The summed E-state index contributed by atoms with van der Waals surface area (Å²) in [7, 11) is 1.44. The maximum Gasteiger partial charge on any atom is 0.278 e. The van der Waals surface area contributed by atoms with Gasteiger partial charge in [-0.25, -0.2) is 5.48 Å². The van der Waals surface area contributed by atoms with Crippen LogP contribution in [-0.4, -0.2) is 23.3 Å². The van der Waals surface area contributed by atoms with Gasteiger partial charge < -0.3 is 9.84 Å². The Balaban J connectivity index is 3.11. The molecule has 1 rings (SSSR count). The molecule has 0 spiro atoms. The van der Waals surface area contributed by atoms with Crippen molar-refractivity contribution in [3.05, 3.63) is 23.8 Å². The first-order valence-electron chi connectivity index (χ1n) is 3.50. The molecule has 0 saturated carbocycles. The maximum atomic E-state index is 10.9. The molecule has 13 heavy (non-hydrogen) atoms. The summed E-state index contributed by atoms with van der Waals surface area (Å²) in [5.41, 5.74) is 1.38. The number of amides is 1. The highest BCUT2D eigenvalue weighted by Crippen LogP contribution is 2.22. The SMILES string of the molecule is COc1ccc(O)c(C(=O)NO)c1. The molecule has 0 heterocycles. The largest absolute Gasteiger partial charge is 0.507 e. The lowest BCUT2D eigenvalue weighted by Crippen LogP contribution is -2.18. The Morgan fingerprint density at radius 2 is 2.23 bits per heavy atom. The molecule has 0 saturated heterocycles. The van der Waals surface area contributed by atoms with E-state index in [0.29, 0.717) is 5.75 Å². The fourth-order valence-electron chi connectivity index (χ4n) is 0.884. The highest BCUT2D eigenvalue weighted by molar-refractivity contribution is 5.96. The van der Waals surface area contributed by atoms with Gasteiger partial charge in [0.05, 0.1) is 12.7 Å². The molecule has 0 radical (unpaired) electrons. The highest BCUT2D eigenvalue weighted by Gasteiger charge is 2.10. The summed E-state index contributed by atoms with van der Waals surface area (Å²) < 4.78 is 4.83. The van der Waals surface area contributed by atoms with Gasteiger partial charge in [-0.3, -0.25) is 10.0 Å². The van der Waals surface area contributed by atoms with Gasteiger partial charge >= 0.3 is 0 Å². The molecule has 1 amide bonds. The number of rotatable bonds is 2. The average molecular weight is 183 g/mol. The minimum atomic E-state index is -0.781. The number of phenolic OH excluding ortho intramolecular Hbond substituents is 1. The van der Waals surface area contributed by atoms with Crippen LogP contribution in [0.3, 0.4) is 0 Å². The predicted molar refractivity (Wildman–Crippen MR) is 43.9 cm³/mol. The molecule has 0 aromatic heterocycles. The summed E-state index contributed by atoms with van der Waals surface area (Å²) in [6.07, 6.45) is 0. The zero-order chi connectivity index (χ0) is 9.84. The summed E-state index contributed by atoms with van der Waals surface area (Å²) in [6.45, 7) is 0. The first kappa shape index (κ1) is 9.34. The second kappa shape index (κ2) is 3.77. The second-order valence-electron chi connectivity index (χ2n) is 2.32. The number of carbonyl (C=O) groups is 1. The van der Waals surface area contributed by atoms with Gasteiger partial charge in [0.25, 0.3) is 5.91 Å². The molecule has 0 aliphatic heterocycles. The molecule has 1 aromatic carbocycles. The molecule has 3 N–H and O–H groups in total. The Morgan fingerprint density at radius 1 is 1.54 bits per heavy atom. The molecular formula is C8H9NO4. The Hall–Kier alpha value is -1.75. The van der Waals surface area contributed by atoms with Crippen LogP contribution in [0, 0.1) is 0 Å². The standard InChI is InChI=1S/C8H9NO4/c1-13-5-2-3-7(10)6(4-5)8(11)9-12/h2-4,10,12H,1H3,(H,9,11). The Bertz CT molecular complexity index is 324. The van der Waals surface area contributed by atoms with Crippen LogP contribution in [0.5, 0.6) is 11.5 Å². The molecule has 0 fully saturated rings. The van der Waals surface area contributed by atoms with Crippen molar-refractivity contribution in [2.24, 2.45) is 0 Å². The molecule has 1 aromatic rings. The van der Waals surface area contributed by atoms with E-state index in [0.717, 1.165) is 0 Å². The fraction of sp³-hybridized carbons (Fsp3) is 0.125. The quantitative estimate of drug-likeness (QED) is 0.461. The zero-order valence-corrected chi connectivity index (χ0v) is 6.94. The van der Waals surface area contributed by atoms with Crippen molar-refractivity contribution in [1.29, 1.82) is 0 Å². The van der Waals surface area contributed by atoms with Crippen molar-refractivity contribution in [3.63, 3.8) is 0 Å². The van der Waals surface area contributed by atoms with E-state index in [1.807, 2.05) is 0 Å². The monoisotopic (exact) mass is 183 g/mol. The number of carbonyl (C=O) groups excluding carboxylic acids is 1. The van der Waals surface area contributed by atoms with Crippen LogP contribution in [0.25, 0.3) is 0 Å². The number of hydrogen-bond acceptors (Lipinski definition) is 4. The number of ether oxygens (including phenoxy) is 1. The fourth-order valence-corrected chi connectivity index (χ4v) is 0.884. The van der Waals surface area contributed by atoms with E-state index >= 15 is 0 Å². The van der Waals surface area contributed by atoms with E-state index in [9.17, 15) is 9.90 Å². The number of benzene rings is 1. The van der Waals surface area contributed by atoms with E-state index < -0.39 is 5.91 Å². The number of hydrogen-bond donors (Lipinski definition) is 3. The second-order valence-corrected chi connectivity index (χ2v) is 2.32. The molecule has 5 heteroatoms. The predicted octanol–water partition coefficient (Wildman–Crippen LogP) is 0.520. The molecular weight excluding hydrogens is 174 g/mol. The van der Waals surface area contributed by atoms with Crippen LogP contribution in [0.1, 0.15) is 10.4 Å². The number of hydroxylamine groups is 1. The summed E-state index contributed by atoms with van der Waals surface area (Å²) in [5, 5.41) is 17.5. The molecule has 0 aliphatic rings. The van der Waals surface area contributed by atoms with Gasteiger partial charge in [-0.2, -0.15) is 0 Å². The minimum absolute atomic E-state index is 0.0400. The molecule has 0 bridgehead atoms. The molecule has 0 aliphatic carbocycles. The topological polar surface area (TPSA) is 78.8 Å². The lowest BCUT2D eigenvalue weighted by Gasteiger charge is -2.04. The summed E-state index contributed by atoms with van der Waals surface area (Å²) >= 11 is 0. The van der Waals surface area contributed by atoms with Crippen LogP contribution in [0.4, 0.5) is 0 Å². The minimum Gasteiger partial charge on any atom is -0.507 e. The van der Waals surface area contributed by atoms with Gasteiger partial charge in [0.2, 0.25) is 0 Å². The lowest BCUT2D eigenvalue weighted by atomic mass is 10.2. The van der Waals surface area contributed by atoms with Crippen molar-refractivity contribution < 1.29 is 19.8 Å². The summed E-state index contributed by atoms with van der Waals surface area (Å²) in [5.74, 6) is -0.569. The van der Waals surface area contributed by atoms with Gasteiger partial charge in [-0.15, -0.1) is 0 Å². The van der Waals surface area contributed by atoms with E-state index in [1.165, 1.54) is 30.8 Å². The average Bonchev–Trinajstić information content (AvgIpc) is 2.17.